The van der Waals surface area contributed by atoms with Gasteiger partial charge in [-0.2, -0.15) is 5.26 Å². The van der Waals surface area contributed by atoms with E-state index in [-0.39, 0.29) is 5.82 Å². The minimum atomic E-state index is -1.03. The smallest absolute Gasteiger partial charge is 0.340 e. The summed E-state index contributed by atoms with van der Waals surface area (Å²) in [4.78, 5) is 25.3. The predicted octanol–water partition coefficient (Wildman–Crippen LogP) is 4.12. The van der Waals surface area contributed by atoms with Gasteiger partial charge in [0.25, 0.3) is 5.91 Å². The zero-order valence-electron chi connectivity index (χ0n) is 17.5. The van der Waals surface area contributed by atoms with Gasteiger partial charge in [0.15, 0.2) is 6.10 Å². The van der Waals surface area contributed by atoms with Gasteiger partial charge in [0.05, 0.1) is 11.6 Å². The summed E-state index contributed by atoms with van der Waals surface area (Å²) in [5.74, 6) is -1.43. The molecule has 0 radical (unpaired) electrons. The molecule has 0 saturated heterocycles. The maximum Gasteiger partial charge on any atom is 0.340 e. The van der Waals surface area contributed by atoms with Crippen LogP contribution in [-0.4, -0.2) is 28.1 Å². The summed E-state index contributed by atoms with van der Waals surface area (Å²) in [6.45, 7) is 5.10. The molecular weight excluding hydrogens is 385 g/mol. The van der Waals surface area contributed by atoms with Crippen LogP contribution in [0.4, 0.5) is 4.39 Å². The highest BCUT2D eigenvalue weighted by Crippen LogP contribution is 2.28. The Kier molecular flexibility index (Phi) is 6.25. The number of amides is 1. The molecule has 1 fully saturated rings. The number of esters is 1. The number of rotatable bonds is 5. The van der Waals surface area contributed by atoms with Gasteiger partial charge in [-0.15, -0.1) is 0 Å². The highest BCUT2D eigenvalue weighted by Gasteiger charge is 2.35. The zero-order valence-corrected chi connectivity index (χ0v) is 17.5. The van der Waals surface area contributed by atoms with Crippen LogP contribution in [0.3, 0.4) is 0 Å². The molecule has 1 aromatic carbocycles. The Morgan fingerprint density at radius 2 is 1.83 bits per heavy atom. The number of aromatic nitrogens is 1. The van der Waals surface area contributed by atoms with Crippen molar-refractivity contribution in [2.75, 3.05) is 0 Å². The Morgan fingerprint density at radius 3 is 2.43 bits per heavy atom. The van der Waals surface area contributed by atoms with Crippen molar-refractivity contribution >= 4 is 11.9 Å². The van der Waals surface area contributed by atoms with E-state index >= 15 is 0 Å². The van der Waals surface area contributed by atoms with E-state index < -0.39 is 23.5 Å². The van der Waals surface area contributed by atoms with Crippen LogP contribution < -0.4 is 5.32 Å². The quantitative estimate of drug-likeness (QED) is 0.750. The normalized spacial score (nSPS) is 16.4. The predicted molar refractivity (Wildman–Crippen MR) is 110 cm³/mol. The molecule has 1 atom stereocenters. The molecule has 6 nitrogen and oxygen atoms in total. The number of benzene rings is 1. The van der Waals surface area contributed by atoms with E-state index in [1.54, 1.807) is 25.1 Å². The van der Waals surface area contributed by atoms with Gasteiger partial charge in [0, 0.05) is 17.1 Å². The first-order valence-corrected chi connectivity index (χ1v) is 10.2. The van der Waals surface area contributed by atoms with Gasteiger partial charge < -0.3 is 14.6 Å². The molecule has 7 heteroatoms. The Balaban J connectivity index is 1.73. The van der Waals surface area contributed by atoms with Crippen molar-refractivity contribution in [2.45, 2.75) is 64.5 Å². The van der Waals surface area contributed by atoms with E-state index in [4.69, 9.17) is 4.74 Å². The van der Waals surface area contributed by atoms with Gasteiger partial charge in [-0.3, -0.25) is 4.79 Å². The monoisotopic (exact) mass is 411 g/mol. The molecular formula is C23H26FN3O3. The summed E-state index contributed by atoms with van der Waals surface area (Å²) < 4.78 is 20.5. The van der Waals surface area contributed by atoms with E-state index in [1.807, 2.05) is 11.5 Å². The minimum absolute atomic E-state index is 0.337. The van der Waals surface area contributed by atoms with Crippen LogP contribution in [0, 0.1) is 31.0 Å². The first-order chi connectivity index (χ1) is 14.3. The lowest BCUT2D eigenvalue weighted by Crippen LogP contribution is -2.52. The first kappa shape index (κ1) is 21.6. The molecule has 0 aliphatic heterocycles. The SMILES string of the molecule is Cc1cc(C(=O)O[C@H](C)C(=O)NC2(C#N)CCCCC2)c(C)n1-c1ccc(F)cc1. The van der Waals surface area contributed by atoms with Crippen molar-refractivity contribution in [3.63, 3.8) is 0 Å². The van der Waals surface area contributed by atoms with Crippen LogP contribution in [-0.2, 0) is 9.53 Å². The number of nitriles is 1. The fourth-order valence-corrected chi connectivity index (χ4v) is 3.99. The first-order valence-electron chi connectivity index (χ1n) is 10.2. The molecule has 1 aromatic heterocycles. The largest absolute Gasteiger partial charge is 0.449 e. The molecule has 3 rings (SSSR count). The number of halogens is 1. The molecule has 1 aliphatic carbocycles. The van der Waals surface area contributed by atoms with Gasteiger partial charge in [-0.25, -0.2) is 9.18 Å². The lowest BCUT2D eigenvalue weighted by atomic mass is 9.83. The molecule has 1 N–H and O–H groups in total. The number of carbonyl (C=O) groups is 2. The van der Waals surface area contributed by atoms with E-state index in [9.17, 15) is 19.2 Å². The summed E-state index contributed by atoms with van der Waals surface area (Å²) in [6.07, 6.45) is 3.00. The maximum absolute atomic E-state index is 13.2. The van der Waals surface area contributed by atoms with Crippen LogP contribution in [0.25, 0.3) is 5.69 Å². The summed E-state index contributed by atoms with van der Waals surface area (Å²) in [7, 11) is 0. The fourth-order valence-electron chi connectivity index (χ4n) is 3.99. The lowest BCUT2D eigenvalue weighted by Gasteiger charge is -2.32. The molecule has 2 aromatic rings. The number of nitrogens with one attached hydrogen (secondary N) is 1. The number of nitrogens with zero attached hydrogens (tertiary/aromatic N) is 2. The number of ether oxygens (including phenoxy) is 1. The van der Waals surface area contributed by atoms with E-state index in [2.05, 4.69) is 11.4 Å². The average Bonchev–Trinajstić information content (AvgIpc) is 3.03. The molecule has 1 aliphatic rings. The number of carbonyl (C=O) groups excluding carboxylic acids is 2. The van der Waals surface area contributed by atoms with Gasteiger partial charge >= 0.3 is 5.97 Å². The average molecular weight is 411 g/mol. The molecule has 0 spiro atoms. The van der Waals surface area contributed by atoms with E-state index in [0.717, 1.165) is 30.6 Å². The topological polar surface area (TPSA) is 84.1 Å². The van der Waals surface area contributed by atoms with Gasteiger partial charge in [-0.05, 0) is 63.9 Å². The van der Waals surface area contributed by atoms with Crippen molar-refractivity contribution in [3.8, 4) is 11.8 Å². The molecule has 1 amide bonds. The third-order valence-electron chi connectivity index (χ3n) is 5.67. The molecule has 0 unspecified atom stereocenters. The van der Waals surface area contributed by atoms with Crippen molar-refractivity contribution in [3.05, 3.63) is 53.1 Å². The lowest BCUT2D eigenvalue weighted by molar-refractivity contribution is -0.130. The van der Waals surface area contributed by atoms with Gasteiger partial charge in [-0.1, -0.05) is 19.3 Å². The summed E-state index contributed by atoms with van der Waals surface area (Å²) in [6, 6.07) is 9.89. The maximum atomic E-state index is 13.2. The van der Waals surface area contributed by atoms with Crippen LogP contribution in [0.15, 0.2) is 30.3 Å². The van der Waals surface area contributed by atoms with Crippen molar-refractivity contribution in [1.29, 1.82) is 5.26 Å². The standard InChI is InChI=1S/C23H26FN3O3/c1-15-13-20(16(2)27(15)19-9-7-18(24)8-10-19)22(29)30-17(3)21(28)26-23(14-25)11-5-4-6-12-23/h7-10,13,17H,4-6,11-12H2,1-3H3,(H,26,28)/t17-/m1/s1. The molecule has 158 valence electrons. The van der Waals surface area contributed by atoms with Crippen LogP contribution >= 0.6 is 0 Å². The molecule has 30 heavy (non-hydrogen) atoms. The highest BCUT2D eigenvalue weighted by atomic mass is 19.1. The van der Waals surface area contributed by atoms with Crippen LogP contribution in [0.2, 0.25) is 0 Å². The van der Waals surface area contributed by atoms with Crippen molar-refractivity contribution in [1.82, 2.24) is 9.88 Å². The van der Waals surface area contributed by atoms with Gasteiger partial charge in [0.2, 0.25) is 0 Å². The molecule has 0 bridgehead atoms. The second-order valence-electron chi connectivity index (χ2n) is 7.89. The summed E-state index contributed by atoms with van der Waals surface area (Å²) >= 11 is 0. The summed E-state index contributed by atoms with van der Waals surface area (Å²) in [5, 5.41) is 12.3. The van der Waals surface area contributed by atoms with Crippen LogP contribution in [0.5, 0.6) is 0 Å². The van der Waals surface area contributed by atoms with Gasteiger partial charge in [0.1, 0.15) is 11.4 Å². The number of hydrogen-bond acceptors (Lipinski definition) is 4. The van der Waals surface area contributed by atoms with E-state index in [0.29, 0.717) is 24.1 Å². The molecule has 1 saturated carbocycles. The Morgan fingerprint density at radius 1 is 1.20 bits per heavy atom. The Labute approximate surface area is 175 Å². The zero-order chi connectivity index (χ0) is 21.9. The second kappa shape index (κ2) is 8.70. The Bertz CT molecular complexity index is 982. The van der Waals surface area contributed by atoms with Crippen LogP contribution in [0.1, 0.15) is 60.8 Å². The summed E-state index contributed by atoms with van der Waals surface area (Å²) in [5.41, 5.74) is 1.61. The second-order valence-corrected chi connectivity index (χ2v) is 7.89. The highest BCUT2D eigenvalue weighted by molar-refractivity contribution is 5.94. The van der Waals surface area contributed by atoms with Crippen molar-refractivity contribution < 1.29 is 18.7 Å². The van der Waals surface area contributed by atoms with E-state index in [1.165, 1.54) is 19.1 Å². The Hall–Kier alpha value is -3.14. The van der Waals surface area contributed by atoms with Crippen molar-refractivity contribution in [2.24, 2.45) is 0 Å². The minimum Gasteiger partial charge on any atom is -0.449 e. The number of aryl methyl sites for hydroxylation is 1. The third kappa shape index (κ3) is 4.38. The number of hydrogen-bond donors (Lipinski definition) is 1. The fraction of sp³-hybridized carbons (Fsp3) is 0.435. The molecule has 1 heterocycles. The third-order valence-corrected chi connectivity index (χ3v) is 5.67.